The molecular weight excluding hydrogens is 282 g/mol. The number of hydrogen-bond acceptors (Lipinski definition) is 4. The van der Waals surface area contributed by atoms with Gasteiger partial charge >= 0.3 is 0 Å². The minimum absolute atomic E-state index is 0.146. The Morgan fingerprint density at radius 3 is 2.77 bits per heavy atom. The lowest BCUT2D eigenvalue weighted by atomic mass is 10.2. The van der Waals surface area contributed by atoms with Crippen molar-refractivity contribution in [2.75, 3.05) is 5.32 Å². The first-order chi connectivity index (χ1) is 10.5. The molecule has 2 aromatic heterocycles. The number of rotatable bonds is 3. The molecule has 0 atom stereocenters. The van der Waals surface area contributed by atoms with Gasteiger partial charge in [0.25, 0.3) is 11.5 Å². The molecule has 0 spiro atoms. The van der Waals surface area contributed by atoms with Gasteiger partial charge in [-0.05, 0) is 38.1 Å². The number of amides is 1. The predicted molar refractivity (Wildman–Crippen MR) is 82.9 cm³/mol. The van der Waals surface area contributed by atoms with E-state index in [4.69, 9.17) is 0 Å². The van der Waals surface area contributed by atoms with Gasteiger partial charge in [-0.1, -0.05) is 0 Å². The fourth-order valence-electron chi connectivity index (χ4n) is 2.19. The second-order valence-electron chi connectivity index (χ2n) is 5.21. The van der Waals surface area contributed by atoms with Crippen LogP contribution in [0.1, 0.15) is 30.4 Å². The molecule has 0 unspecified atom stereocenters. The molecule has 2 heterocycles. The van der Waals surface area contributed by atoms with E-state index in [1.165, 1.54) is 12.1 Å². The summed E-state index contributed by atoms with van der Waals surface area (Å²) in [5.74, 6) is -0.390. The van der Waals surface area contributed by atoms with E-state index >= 15 is 0 Å². The molecular formula is C15H15N5O2. The van der Waals surface area contributed by atoms with Crippen LogP contribution in [0.25, 0.3) is 11.0 Å². The number of fused-ring (bicyclic) bond motifs is 1. The molecule has 0 saturated heterocycles. The Balaban J connectivity index is 1.86. The summed E-state index contributed by atoms with van der Waals surface area (Å²) in [5.41, 5.74) is 2.24. The van der Waals surface area contributed by atoms with E-state index in [9.17, 15) is 9.59 Å². The van der Waals surface area contributed by atoms with E-state index in [1.807, 2.05) is 12.1 Å². The second-order valence-corrected chi connectivity index (χ2v) is 5.21. The highest BCUT2D eigenvalue weighted by Gasteiger charge is 2.10. The molecule has 7 heteroatoms. The van der Waals surface area contributed by atoms with Gasteiger partial charge in [0.05, 0.1) is 17.4 Å². The Hall–Kier alpha value is -2.96. The van der Waals surface area contributed by atoms with Crippen LogP contribution < -0.4 is 10.9 Å². The van der Waals surface area contributed by atoms with Crippen molar-refractivity contribution in [2.45, 2.75) is 19.9 Å². The molecule has 0 aliphatic rings. The van der Waals surface area contributed by atoms with Crippen molar-refractivity contribution < 1.29 is 4.79 Å². The Morgan fingerprint density at radius 1 is 1.27 bits per heavy atom. The van der Waals surface area contributed by atoms with Crippen LogP contribution >= 0.6 is 0 Å². The van der Waals surface area contributed by atoms with Crippen molar-refractivity contribution in [2.24, 2.45) is 0 Å². The Morgan fingerprint density at radius 2 is 2.09 bits per heavy atom. The smallest absolute Gasteiger partial charge is 0.276 e. The highest BCUT2D eigenvalue weighted by Crippen LogP contribution is 2.21. The zero-order valence-electron chi connectivity index (χ0n) is 12.2. The third-order valence-corrected chi connectivity index (χ3v) is 3.30. The van der Waals surface area contributed by atoms with E-state index in [0.717, 1.165) is 11.0 Å². The average Bonchev–Trinajstić information content (AvgIpc) is 2.91. The highest BCUT2D eigenvalue weighted by atomic mass is 16.2. The van der Waals surface area contributed by atoms with E-state index < -0.39 is 0 Å². The van der Waals surface area contributed by atoms with E-state index in [1.54, 1.807) is 12.4 Å². The minimum Gasteiger partial charge on any atom is -0.328 e. The number of H-pyrrole nitrogens is 1. The quantitative estimate of drug-likeness (QED) is 0.772. The predicted octanol–water partition coefficient (Wildman–Crippen LogP) is 1.95. The molecule has 1 amide bonds. The van der Waals surface area contributed by atoms with Gasteiger partial charge in [-0.25, -0.2) is 10.1 Å². The number of nitrogens with zero attached hydrogens (tertiary/aromatic N) is 3. The Bertz CT molecular complexity index is 874. The first kappa shape index (κ1) is 14.0. The lowest BCUT2D eigenvalue weighted by Crippen LogP contribution is -2.17. The maximum Gasteiger partial charge on any atom is 0.276 e. The number of nitrogens with one attached hydrogen (secondary N) is 2. The maximum absolute atomic E-state index is 12.1. The monoisotopic (exact) mass is 297 g/mol. The number of aromatic amines is 1. The Labute approximate surface area is 126 Å². The molecule has 0 bridgehead atoms. The first-order valence-corrected chi connectivity index (χ1v) is 6.88. The average molecular weight is 297 g/mol. The molecule has 112 valence electrons. The molecule has 0 aliphatic carbocycles. The van der Waals surface area contributed by atoms with Crippen LogP contribution in [0.4, 0.5) is 5.69 Å². The van der Waals surface area contributed by atoms with Crippen LogP contribution in [0.3, 0.4) is 0 Å². The van der Waals surface area contributed by atoms with Crippen molar-refractivity contribution in [3.63, 3.8) is 0 Å². The van der Waals surface area contributed by atoms with Gasteiger partial charge < -0.3 is 9.88 Å². The largest absolute Gasteiger partial charge is 0.328 e. The molecule has 3 rings (SSSR count). The first-order valence-electron chi connectivity index (χ1n) is 6.88. The van der Waals surface area contributed by atoms with Gasteiger partial charge in [0.1, 0.15) is 5.69 Å². The van der Waals surface area contributed by atoms with Crippen LogP contribution in [0.15, 0.2) is 41.5 Å². The summed E-state index contributed by atoms with van der Waals surface area (Å²) in [5, 5.41) is 8.66. The molecule has 7 nitrogen and oxygen atoms in total. The number of anilines is 1. The van der Waals surface area contributed by atoms with Crippen molar-refractivity contribution >= 4 is 22.6 Å². The summed E-state index contributed by atoms with van der Waals surface area (Å²) < 4.78 is 2.06. The number of benzene rings is 1. The fourth-order valence-corrected chi connectivity index (χ4v) is 2.19. The molecule has 0 aliphatic heterocycles. The van der Waals surface area contributed by atoms with E-state index in [2.05, 4.69) is 38.9 Å². The molecule has 1 aromatic carbocycles. The van der Waals surface area contributed by atoms with Crippen molar-refractivity contribution in [1.82, 2.24) is 19.7 Å². The number of carbonyl (C=O) groups excluding carboxylic acids is 1. The van der Waals surface area contributed by atoms with Gasteiger partial charge in [-0.3, -0.25) is 9.59 Å². The van der Waals surface area contributed by atoms with Crippen LogP contribution in [0, 0.1) is 0 Å². The molecule has 0 fully saturated rings. The molecule has 2 N–H and O–H groups in total. The molecule has 22 heavy (non-hydrogen) atoms. The maximum atomic E-state index is 12.1. The minimum atomic E-state index is -0.390. The standard InChI is InChI=1S/C15H15N5O2/c1-9(2)20-8-16-12-7-10(3-5-13(12)20)17-15(22)11-4-6-14(21)19-18-11/h3-9H,1-2H3,(H,17,22)(H,19,21). The summed E-state index contributed by atoms with van der Waals surface area (Å²) in [6.07, 6.45) is 1.78. The topological polar surface area (TPSA) is 92.7 Å². The Kier molecular flexibility index (Phi) is 3.46. The van der Waals surface area contributed by atoms with Gasteiger partial charge in [0, 0.05) is 17.8 Å². The van der Waals surface area contributed by atoms with Gasteiger partial charge in [0.15, 0.2) is 0 Å². The normalized spacial score (nSPS) is 11.0. The van der Waals surface area contributed by atoms with Crippen LogP contribution in [-0.2, 0) is 0 Å². The molecule has 0 saturated carbocycles. The summed E-state index contributed by atoms with van der Waals surface area (Å²) in [6, 6.07) is 8.48. The van der Waals surface area contributed by atoms with Gasteiger partial charge in [0.2, 0.25) is 0 Å². The van der Waals surface area contributed by atoms with Crippen LogP contribution in [-0.4, -0.2) is 25.7 Å². The van der Waals surface area contributed by atoms with Crippen molar-refractivity contribution in [3.8, 4) is 0 Å². The molecule has 0 radical (unpaired) electrons. The van der Waals surface area contributed by atoms with Crippen molar-refractivity contribution in [1.29, 1.82) is 0 Å². The van der Waals surface area contributed by atoms with Crippen LogP contribution in [0.2, 0.25) is 0 Å². The number of aromatic nitrogens is 4. The van der Waals surface area contributed by atoms with Crippen molar-refractivity contribution in [3.05, 3.63) is 52.7 Å². The zero-order valence-corrected chi connectivity index (χ0v) is 12.2. The van der Waals surface area contributed by atoms with E-state index in [0.29, 0.717) is 11.7 Å². The third kappa shape index (κ3) is 2.60. The number of hydrogen-bond donors (Lipinski definition) is 2. The highest BCUT2D eigenvalue weighted by molar-refractivity contribution is 6.03. The number of carbonyl (C=O) groups is 1. The lowest BCUT2D eigenvalue weighted by molar-refractivity contribution is 0.102. The summed E-state index contributed by atoms with van der Waals surface area (Å²) in [6.45, 7) is 4.16. The summed E-state index contributed by atoms with van der Waals surface area (Å²) >= 11 is 0. The number of imidazole rings is 1. The van der Waals surface area contributed by atoms with Gasteiger partial charge in [-0.2, -0.15) is 5.10 Å². The van der Waals surface area contributed by atoms with Crippen LogP contribution in [0.5, 0.6) is 0 Å². The third-order valence-electron chi connectivity index (χ3n) is 3.30. The zero-order chi connectivity index (χ0) is 15.7. The molecule has 3 aromatic rings. The SMILES string of the molecule is CC(C)n1cnc2cc(NC(=O)c3ccc(=O)[nH]n3)ccc21. The summed E-state index contributed by atoms with van der Waals surface area (Å²) in [7, 11) is 0. The van der Waals surface area contributed by atoms with Gasteiger partial charge in [-0.15, -0.1) is 0 Å². The van der Waals surface area contributed by atoms with E-state index in [-0.39, 0.29) is 17.2 Å². The second kappa shape index (κ2) is 5.44. The lowest BCUT2D eigenvalue weighted by Gasteiger charge is -2.08. The summed E-state index contributed by atoms with van der Waals surface area (Å²) in [4.78, 5) is 27.3. The fraction of sp³-hybridized carbons (Fsp3) is 0.200.